The van der Waals surface area contributed by atoms with Gasteiger partial charge in [0.25, 0.3) is 0 Å². The van der Waals surface area contributed by atoms with Crippen molar-refractivity contribution in [3.8, 4) is 0 Å². The summed E-state index contributed by atoms with van der Waals surface area (Å²) in [4.78, 5) is 7.76. The van der Waals surface area contributed by atoms with Crippen LogP contribution in [0.15, 0.2) is 18.3 Å². The van der Waals surface area contributed by atoms with Crippen LogP contribution in [0, 0.1) is 18.6 Å². The van der Waals surface area contributed by atoms with Crippen LogP contribution in [0.4, 0.5) is 0 Å². The van der Waals surface area contributed by atoms with Gasteiger partial charge in [0.1, 0.15) is 0 Å². The monoisotopic (exact) mass is 273 g/mol. The van der Waals surface area contributed by atoms with Gasteiger partial charge in [-0.15, -0.1) is 0 Å². The van der Waals surface area contributed by atoms with Gasteiger partial charge in [-0.05, 0) is 38.2 Å². The topological polar surface area (TPSA) is 51.4 Å². The molecule has 0 amide bonds. The molecule has 19 heavy (non-hydrogen) atoms. The van der Waals surface area contributed by atoms with Crippen molar-refractivity contribution in [2.24, 2.45) is 7.05 Å². The fraction of sp³-hybridized carbons (Fsp3) is 0.308. The van der Waals surface area contributed by atoms with Gasteiger partial charge >= 0.3 is 0 Å². The Morgan fingerprint density at radius 1 is 1.32 bits per heavy atom. The Labute approximate surface area is 115 Å². The average Bonchev–Trinajstić information content (AvgIpc) is 2.81. The fourth-order valence-corrected chi connectivity index (χ4v) is 2.51. The molecular formula is C13H15N5S. The molecule has 0 spiro atoms. The minimum absolute atomic E-state index is 0.689. The molecule has 1 N–H and O–H groups in total. The highest BCUT2D eigenvalue weighted by molar-refractivity contribution is 7.71. The number of H-pyrrole nitrogens is 1. The number of aromatic nitrogens is 5. The van der Waals surface area contributed by atoms with Gasteiger partial charge in [-0.2, -0.15) is 5.10 Å². The summed E-state index contributed by atoms with van der Waals surface area (Å²) < 4.78 is 4.53. The van der Waals surface area contributed by atoms with Gasteiger partial charge in [-0.3, -0.25) is 9.25 Å². The van der Waals surface area contributed by atoms with E-state index in [4.69, 9.17) is 12.2 Å². The van der Waals surface area contributed by atoms with Crippen molar-refractivity contribution in [1.29, 1.82) is 0 Å². The Hall–Kier alpha value is -1.95. The van der Waals surface area contributed by atoms with Gasteiger partial charge in [-0.1, -0.05) is 0 Å². The van der Waals surface area contributed by atoms with Crippen molar-refractivity contribution in [3.63, 3.8) is 0 Å². The molecule has 98 valence electrons. The first-order chi connectivity index (χ1) is 9.04. The lowest BCUT2D eigenvalue weighted by Crippen LogP contribution is -2.01. The maximum absolute atomic E-state index is 5.39. The van der Waals surface area contributed by atoms with Crippen LogP contribution >= 0.6 is 12.2 Å². The molecule has 0 saturated carbocycles. The largest absolute Gasteiger partial charge is 0.329 e. The van der Waals surface area contributed by atoms with Crippen molar-refractivity contribution >= 4 is 23.4 Å². The Kier molecular flexibility index (Phi) is 2.74. The van der Waals surface area contributed by atoms with Gasteiger partial charge in [0.2, 0.25) is 0 Å². The molecule has 0 radical (unpaired) electrons. The normalized spacial score (nSPS) is 11.3. The summed E-state index contributed by atoms with van der Waals surface area (Å²) in [6.45, 7) is 4.68. The molecule has 5 nitrogen and oxygen atoms in total. The number of aryl methyl sites for hydroxylation is 3. The molecule has 0 aliphatic rings. The second-order valence-electron chi connectivity index (χ2n) is 4.75. The van der Waals surface area contributed by atoms with Crippen molar-refractivity contribution in [2.75, 3.05) is 0 Å². The zero-order valence-corrected chi connectivity index (χ0v) is 12.0. The second kappa shape index (κ2) is 4.31. The average molecular weight is 273 g/mol. The first-order valence-electron chi connectivity index (χ1n) is 6.10. The van der Waals surface area contributed by atoms with Crippen LogP contribution in [0.25, 0.3) is 11.2 Å². The van der Waals surface area contributed by atoms with Crippen molar-refractivity contribution in [3.05, 3.63) is 40.1 Å². The predicted molar refractivity (Wildman–Crippen MR) is 76.7 cm³/mol. The van der Waals surface area contributed by atoms with E-state index in [0.717, 1.165) is 28.1 Å². The first-order valence-corrected chi connectivity index (χ1v) is 6.50. The Balaban J connectivity index is 2.14. The summed E-state index contributed by atoms with van der Waals surface area (Å²) in [5, 5.41) is 4.36. The number of rotatable bonds is 2. The highest BCUT2D eigenvalue weighted by atomic mass is 32.1. The molecular weight excluding hydrogens is 258 g/mol. The number of nitrogens with one attached hydrogen (secondary N) is 1. The third-order valence-electron chi connectivity index (χ3n) is 3.20. The van der Waals surface area contributed by atoms with Crippen LogP contribution in [0.3, 0.4) is 0 Å². The summed E-state index contributed by atoms with van der Waals surface area (Å²) in [6, 6.07) is 3.99. The van der Waals surface area contributed by atoms with Crippen LogP contribution in [-0.4, -0.2) is 24.3 Å². The molecule has 6 heteroatoms. The van der Waals surface area contributed by atoms with Crippen molar-refractivity contribution in [1.82, 2.24) is 24.3 Å². The standard InChI is InChI=1S/C13H15N5S/c1-8-4-5-11-12(14-8)18(13(19)15-11)7-10-6-17(3)16-9(10)2/h4-6H,7H2,1-3H3,(H,15,19). The SMILES string of the molecule is Cc1ccc2[nH]c(=S)n(Cc3cn(C)nc3C)c2n1. The maximum Gasteiger partial charge on any atom is 0.179 e. The molecule has 3 aromatic heterocycles. The lowest BCUT2D eigenvalue weighted by atomic mass is 10.2. The third-order valence-corrected chi connectivity index (χ3v) is 3.52. The van der Waals surface area contributed by atoms with Crippen LogP contribution < -0.4 is 0 Å². The zero-order valence-electron chi connectivity index (χ0n) is 11.1. The number of nitrogens with zero attached hydrogens (tertiary/aromatic N) is 4. The van der Waals surface area contributed by atoms with Crippen LogP contribution in [0.1, 0.15) is 17.0 Å². The molecule has 0 fully saturated rings. The molecule has 0 aliphatic carbocycles. The number of fused-ring (bicyclic) bond motifs is 1. The highest BCUT2D eigenvalue weighted by Crippen LogP contribution is 2.15. The zero-order chi connectivity index (χ0) is 13.6. The van der Waals surface area contributed by atoms with E-state index in [2.05, 4.69) is 15.1 Å². The molecule has 0 atom stereocenters. The van der Waals surface area contributed by atoms with Gasteiger partial charge in [-0.25, -0.2) is 4.98 Å². The lowest BCUT2D eigenvalue weighted by molar-refractivity contribution is 0.755. The summed E-state index contributed by atoms with van der Waals surface area (Å²) >= 11 is 5.39. The van der Waals surface area contributed by atoms with Crippen molar-refractivity contribution < 1.29 is 0 Å². The summed E-state index contributed by atoms with van der Waals surface area (Å²) in [5.74, 6) is 0. The smallest absolute Gasteiger partial charge is 0.179 e. The molecule has 0 saturated heterocycles. The second-order valence-corrected chi connectivity index (χ2v) is 5.14. The van der Waals surface area contributed by atoms with E-state index in [-0.39, 0.29) is 0 Å². The molecule has 3 aromatic rings. The number of hydrogen-bond donors (Lipinski definition) is 1. The van der Waals surface area contributed by atoms with Gasteiger partial charge in [0.05, 0.1) is 17.8 Å². The molecule has 0 aliphatic heterocycles. The van der Waals surface area contributed by atoms with E-state index in [0.29, 0.717) is 11.3 Å². The molecule has 3 heterocycles. The van der Waals surface area contributed by atoms with E-state index in [1.165, 1.54) is 0 Å². The van der Waals surface area contributed by atoms with E-state index in [9.17, 15) is 0 Å². The Bertz CT molecular complexity index is 808. The molecule has 0 aromatic carbocycles. The minimum atomic E-state index is 0.689. The molecule has 3 rings (SSSR count). The fourth-order valence-electron chi connectivity index (χ4n) is 2.25. The van der Waals surface area contributed by atoms with E-state index >= 15 is 0 Å². The summed E-state index contributed by atoms with van der Waals surface area (Å²) in [5.41, 5.74) is 5.03. The lowest BCUT2D eigenvalue weighted by Gasteiger charge is -2.03. The minimum Gasteiger partial charge on any atom is -0.329 e. The Morgan fingerprint density at radius 2 is 2.11 bits per heavy atom. The predicted octanol–water partition coefficient (Wildman–Crippen LogP) is 2.49. The molecule has 0 bridgehead atoms. The summed E-state index contributed by atoms with van der Waals surface area (Å²) in [6.07, 6.45) is 2.02. The number of hydrogen-bond acceptors (Lipinski definition) is 3. The molecule has 0 unspecified atom stereocenters. The van der Waals surface area contributed by atoms with E-state index in [1.807, 2.05) is 48.5 Å². The van der Waals surface area contributed by atoms with Crippen LogP contribution in [0.5, 0.6) is 0 Å². The number of pyridine rings is 1. The van der Waals surface area contributed by atoms with Crippen LogP contribution in [0.2, 0.25) is 0 Å². The van der Waals surface area contributed by atoms with Crippen LogP contribution in [-0.2, 0) is 13.6 Å². The third kappa shape index (κ3) is 2.08. The van der Waals surface area contributed by atoms with Gasteiger partial charge < -0.3 is 4.98 Å². The summed E-state index contributed by atoms with van der Waals surface area (Å²) in [7, 11) is 1.92. The number of aromatic amines is 1. The van der Waals surface area contributed by atoms with Gasteiger partial charge in [0.15, 0.2) is 10.4 Å². The number of imidazole rings is 1. The Morgan fingerprint density at radius 3 is 2.79 bits per heavy atom. The van der Waals surface area contributed by atoms with E-state index < -0.39 is 0 Å². The van der Waals surface area contributed by atoms with E-state index in [1.54, 1.807) is 0 Å². The first kappa shape index (κ1) is 12.1. The quantitative estimate of drug-likeness (QED) is 0.730. The maximum atomic E-state index is 5.39. The van der Waals surface area contributed by atoms with Crippen molar-refractivity contribution in [2.45, 2.75) is 20.4 Å². The van der Waals surface area contributed by atoms with Gasteiger partial charge in [0, 0.05) is 24.5 Å². The highest BCUT2D eigenvalue weighted by Gasteiger charge is 2.09.